The third-order valence-corrected chi connectivity index (χ3v) is 4.71. The Morgan fingerprint density at radius 2 is 2.35 bits per heavy atom. The maximum atomic E-state index is 11.8. The van der Waals surface area contributed by atoms with Crippen LogP contribution in [0.25, 0.3) is 9.88 Å². The molecule has 20 heavy (non-hydrogen) atoms. The molecule has 0 radical (unpaired) electrons. The van der Waals surface area contributed by atoms with Crippen molar-refractivity contribution in [2.45, 2.75) is 32.3 Å². The van der Waals surface area contributed by atoms with Gasteiger partial charge in [0.15, 0.2) is 0 Å². The molecule has 2 N–H and O–H groups in total. The van der Waals surface area contributed by atoms with Crippen LogP contribution in [0, 0.1) is 0 Å². The van der Waals surface area contributed by atoms with Crippen LogP contribution in [-0.2, 0) is 11.2 Å². The molecule has 6 heteroatoms. The van der Waals surface area contributed by atoms with Crippen LogP contribution in [0.4, 0.5) is 0 Å². The number of nitrogens with one attached hydrogen (secondary N) is 1. The summed E-state index contributed by atoms with van der Waals surface area (Å²) < 4.78 is 0. The molecule has 0 aromatic carbocycles. The van der Waals surface area contributed by atoms with Crippen LogP contribution in [0.5, 0.6) is 0 Å². The highest BCUT2D eigenvalue weighted by molar-refractivity contribution is 7.20. The predicted octanol–water partition coefficient (Wildman–Crippen LogP) is 2.69. The molecule has 1 atom stereocenters. The number of aliphatic hydroxyl groups is 1. The average Bonchev–Trinajstić information content (AvgIpc) is 3.07. The fraction of sp³-hybridized carbons (Fsp3) is 0.429. The maximum Gasteiger partial charge on any atom is 0.226 e. The Bertz CT molecular complexity index is 537. The van der Waals surface area contributed by atoms with E-state index >= 15 is 0 Å². The highest BCUT2D eigenvalue weighted by Crippen LogP contribution is 2.27. The zero-order valence-corrected chi connectivity index (χ0v) is 13.0. The minimum atomic E-state index is -0.457. The van der Waals surface area contributed by atoms with Crippen molar-refractivity contribution in [1.82, 2.24) is 10.3 Å². The summed E-state index contributed by atoms with van der Waals surface area (Å²) in [4.78, 5) is 17.3. The van der Waals surface area contributed by atoms with Crippen LogP contribution < -0.4 is 5.32 Å². The van der Waals surface area contributed by atoms with Crippen LogP contribution in [-0.4, -0.2) is 28.6 Å². The molecule has 0 aliphatic heterocycles. The fourth-order valence-electron chi connectivity index (χ4n) is 1.80. The van der Waals surface area contributed by atoms with E-state index < -0.39 is 6.10 Å². The predicted molar refractivity (Wildman–Crippen MR) is 83.1 cm³/mol. The Balaban J connectivity index is 1.83. The van der Waals surface area contributed by atoms with Crippen LogP contribution in [0.1, 0.15) is 25.5 Å². The molecule has 0 aliphatic rings. The van der Waals surface area contributed by atoms with Crippen molar-refractivity contribution < 1.29 is 9.90 Å². The van der Waals surface area contributed by atoms with Gasteiger partial charge >= 0.3 is 0 Å². The Hall–Kier alpha value is -1.24. The fourth-order valence-corrected chi connectivity index (χ4v) is 3.43. The summed E-state index contributed by atoms with van der Waals surface area (Å²) in [6, 6.07) is 4.01. The van der Waals surface area contributed by atoms with Gasteiger partial charge in [0.2, 0.25) is 5.91 Å². The van der Waals surface area contributed by atoms with Crippen molar-refractivity contribution in [1.29, 1.82) is 0 Å². The average molecular weight is 310 g/mol. The number of thiophene rings is 1. The highest BCUT2D eigenvalue weighted by atomic mass is 32.1. The van der Waals surface area contributed by atoms with Gasteiger partial charge in [-0.05, 0) is 17.9 Å². The minimum Gasteiger partial charge on any atom is -0.391 e. The standard InChI is InChI=1S/C14H18N2O2S2/c1-2-4-11(17)8-15-13(18)7-10-9-20-14(16-10)12-5-3-6-19-12/h3,5-6,9,11,17H,2,4,7-8H2,1H3,(H,15,18). The molecule has 2 aromatic heterocycles. The number of carbonyl (C=O) groups is 1. The summed E-state index contributed by atoms with van der Waals surface area (Å²) in [5, 5.41) is 17.2. The summed E-state index contributed by atoms with van der Waals surface area (Å²) in [5.74, 6) is -0.0943. The molecular weight excluding hydrogens is 292 g/mol. The molecular formula is C14H18N2O2S2. The zero-order valence-electron chi connectivity index (χ0n) is 11.3. The zero-order chi connectivity index (χ0) is 14.4. The van der Waals surface area contributed by atoms with Gasteiger partial charge in [0, 0.05) is 11.9 Å². The van der Waals surface area contributed by atoms with Gasteiger partial charge in [0.05, 0.1) is 23.1 Å². The molecule has 0 fully saturated rings. The largest absolute Gasteiger partial charge is 0.391 e. The van der Waals surface area contributed by atoms with Gasteiger partial charge in [0.25, 0.3) is 0 Å². The molecule has 0 saturated heterocycles. The van der Waals surface area contributed by atoms with E-state index in [-0.39, 0.29) is 12.3 Å². The third kappa shape index (κ3) is 4.40. The Morgan fingerprint density at radius 3 is 3.05 bits per heavy atom. The molecule has 1 unspecified atom stereocenters. The Kier molecular flexibility index (Phi) is 5.70. The minimum absolute atomic E-state index is 0.0943. The van der Waals surface area contributed by atoms with Crippen LogP contribution in [0.2, 0.25) is 0 Å². The molecule has 0 saturated carbocycles. The summed E-state index contributed by atoms with van der Waals surface area (Å²) >= 11 is 3.19. The lowest BCUT2D eigenvalue weighted by Crippen LogP contribution is -2.33. The number of aliphatic hydroxyl groups excluding tert-OH is 1. The van der Waals surface area contributed by atoms with Crippen molar-refractivity contribution in [2.75, 3.05) is 6.54 Å². The maximum absolute atomic E-state index is 11.8. The lowest BCUT2D eigenvalue weighted by molar-refractivity contribution is -0.120. The van der Waals surface area contributed by atoms with Gasteiger partial charge in [-0.2, -0.15) is 0 Å². The van der Waals surface area contributed by atoms with E-state index in [4.69, 9.17) is 0 Å². The molecule has 0 spiro atoms. The first-order chi connectivity index (χ1) is 9.69. The van der Waals surface area contributed by atoms with Crippen molar-refractivity contribution >= 4 is 28.6 Å². The van der Waals surface area contributed by atoms with E-state index in [0.717, 1.165) is 22.0 Å². The number of hydrogen-bond acceptors (Lipinski definition) is 5. The van der Waals surface area contributed by atoms with Gasteiger partial charge < -0.3 is 10.4 Å². The number of thiazole rings is 1. The van der Waals surface area contributed by atoms with Crippen LogP contribution >= 0.6 is 22.7 Å². The second-order valence-electron chi connectivity index (χ2n) is 4.54. The van der Waals surface area contributed by atoms with Crippen LogP contribution in [0.15, 0.2) is 22.9 Å². The third-order valence-electron chi connectivity index (χ3n) is 2.78. The normalized spacial score (nSPS) is 12.3. The van der Waals surface area contributed by atoms with Crippen LogP contribution in [0.3, 0.4) is 0 Å². The second-order valence-corrected chi connectivity index (χ2v) is 6.35. The first kappa shape index (κ1) is 15.2. The van der Waals surface area contributed by atoms with Crippen molar-refractivity contribution in [3.63, 3.8) is 0 Å². The molecule has 108 valence electrons. The van der Waals surface area contributed by atoms with E-state index in [2.05, 4.69) is 10.3 Å². The second kappa shape index (κ2) is 7.52. The first-order valence-corrected chi connectivity index (χ1v) is 8.38. The summed E-state index contributed by atoms with van der Waals surface area (Å²) in [6.45, 7) is 2.32. The molecule has 1 amide bonds. The van der Waals surface area contributed by atoms with Crippen molar-refractivity contribution in [2.24, 2.45) is 0 Å². The van der Waals surface area contributed by atoms with E-state index in [1.165, 1.54) is 0 Å². The van der Waals surface area contributed by atoms with E-state index in [1.54, 1.807) is 22.7 Å². The highest BCUT2D eigenvalue weighted by Gasteiger charge is 2.10. The van der Waals surface area contributed by atoms with Gasteiger partial charge in [0.1, 0.15) is 5.01 Å². The topological polar surface area (TPSA) is 62.2 Å². The summed E-state index contributed by atoms with van der Waals surface area (Å²) in [7, 11) is 0. The number of hydrogen-bond donors (Lipinski definition) is 2. The van der Waals surface area contributed by atoms with E-state index in [9.17, 15) is 9.90 Å². The summed E-state index contributed by atoms with van der Waals surface area (Å²) in [6.07, 6.45) is 1.43. The van der Waals surface area contributed by atoms with Gasteiger partial charge in [-0.25, -0.2) is 4.98 Å². The van der Waals surface area contributed by atoms with Crippen molar-refractivity contribution in [3.8, 4) is 9.88 Å². The quantitative estimate of drug-likeness (QED) is 0.826. The first-order valence-electron chi connectivity index (χ1n) is 6.62. The molecule has 2 aromatic rings. The number of nitrogens with zero attached hydrogens (tertiary/aromatic N) is 1. The number of aromatic nitrogens is 1. The van der Waals surface area contributed by atoms with Gasteiger partial charge in [-0.15, -0.1) is 22.7 Å². The SMILES string of the molecule is CCCC(O)CNC(=O)Cc1csc(-c2cccs2)n1. The van der Waals surface area contributed by atoms with E-state index in [0.29, 0.717) is 13.0 Å². The lowest BCUT2D eigenvalue weighted by Gasteiger charge is -2.09. The van der Waals surface area contributed by atoms with Gasteiger partial charge in [-0.3, -0.25) is 4.79 Å². The Labute approximate surface area is 126 Å². The van der Waals surface area contributed by atoms with Gasteiger partial charge in [-0.1, -0.05) is 19.4 Å². The molecule has 0 bridgehead atoms. The van der Waals surface area contributed by atoms with E-state index in [1.807, 2.05) is 29.8 Å². The molecule has 2 rings (SSSR count). The number of amides is 1. The number of rotatable bonds is 7. The number of carbonyl (C=O) groups excluding carboxylic acids is 1. The Morgan fingerprint density at radius 1 is 1.50 bits per heavy atom. The molecule has 4 nitrogen and oxygen atoms in total. The monoisotopic (exact) mass is 310 g/mol. The van der Waals surface area contributed by atoms with Crippen molar-refractivity contribution in [3.05, 3.63) is 28.6 Å². The lowest BCUT2D eigenvalue weighted by atomic mass is 10.2. The molecule has 2 heterocycles. The smallest absolute Gasteiger partial charge is 0.226 e. The summed E-state index contributed by atoms with van der Waals surface area (Å²) in [5.41, 5.74) is 0.779. The molecule has 0 aliphatic carbocycles.